The van der Waals surface area contributed by atoms with E-state index in [1.54, 1.807) is 6.92 Å². The van der Waals surface area contributed by atoms with Crippen LogP contribution in [-0.2, 0) is 10.0 Å². The largest absolute Gasteiger partial charge is 0.496 e. The summed E-state index contributed by atoms with van der Waals surface area (Å²) >= 11 is 0. The van der Waals surface area contributed by atoms with Gasteiger partial charge >= 0.3 is 0 Å². The highest BCUT2D eigenvalue weighted by Crippen LogP contribution is 2.35. The van der Waals surface area contributed by atoms with Gasteiger partial charge in [-0.25, -0.2) is 17.2 Å². The first-order valence-electron chi connectivity index (χ1n) is 6.50. The standard InChI is InChI=1S/C15H15F2NO4S/c1-9-12(21-2)7-8-13(15(9)22-3)23(19,20)18-14-10(16)5-4-6-11(14)17/h4-8,18H,1-3H3. The summed E-state index contributed by atoms with van der Waals surface area (Å²) in [5.74, 6) is -1.57. The van der Waals surface area contributed by atoms with Crippen molar-refractivity contribution >= 4 is 15.7 Å². The first-order valence-corrected chi connectivity index (χ1v) is 7.98. The maximum absolute atomic E-state index is 13.7. The zero-order valence-electron chi connectivity index (χ0n) is 12.7. The van der Waals surface area contributed by atoms with Crippen molar-refractivity contribution in [3.05, 3.63) is 47.5 Å². The van der Waals surface area contributed by atoms with Gasteiger partial charge in [-0.15, -0.1) is 0 Å². The predicted molar refractivity (Wildman–Crippen MR) is 81.4 cm³/mol. The maximum atomic E-state index is 13.7. The molecule has 5 nitrogen and oxygen atoms in total. The van der Waals surface area contributed by atoms with E-state index in [1.165, 1.54) is 26.4 Å². The number of methoxy groups -OCH3 is 2. The molecule has 124 valence electrons. The highest BCUT2D eigenvalue weighted by molar-refractivity contribution is 7.92. The third-order valence-electron chi connectivity index (χ3n) is 3.23. The normalized spacial score (nSPS) is 11.2. The number of halogens is 2. The molecule has 0 bridgehead atoms. The van der Waals surface area contributed by atoms with Crippen LogP contribution < -0.4 is 14.2 Å². The molecule has 0 fully saturated rings. The summed E-state index contributed by atoms with van der Waals surface area (Å²) in [6.45, 7) is 1.61. The van der Waals surface area contributed by atoms with Gasteiger partial charge in [0.25, 0.3) is 10.0 Å². The van der Waals surface area contributed by atoms with Crippen molar-refractivity contribution in [2.24, 2.45) is 0 Å². The van der Waals surface area contributed by atoms with Crippen LogP contribution in [0.5, 0.6) is 11.5 Å². The van der Waals surface area contributed by atoms with Crippen LogP contribution in [-0.4, -0.2) is 22.6 Å². The third-order valence-corrected chi connectivity index (χ3v) is 4.61. The molecule has 0 unspecified atom stereocenters. The van der Waals surface area contributed by atoms with Gasteiger partial charge in [0.2, 0.25) is 0 Å². The van der Waals surface area contributed by atoms with Crippen molar-refractivity contribution in [2.75, 3.05) is 18.9 Å². The molecule has 0 atom stereocenters. The molecule has 1 N–H and O–H groups in total. The Morgan fingerprint density at radius 1 is 1.00 bits per heavy atom. The minimum absolute atomic E-state index is 0.0357. The van der Waals surface area contributed by atoms with Gasteiger partial charge in [-0.3, -0.25) is 4.72 Å². The number of nitrogens with one attached hydrogen (secondary N) is 1. The van der Waals surface area contributed by atoms with Crippen LogP contribution in [0, 0.1) is 18.6 Å². The Labute approximate surface area is 132 Å². The van der Waals surface area contributed by atoms with E-state index in [0.717, 1.165) is 18.2 Å². The van der Waals surface area contributed by atoms with Gasteiger partial charge in [-0.1, -0.05) is 6.07 Å². The molecule has 0 aromatic heterocycles. The smallest absolute Gasteiger partial charge is 0.265 e. The Morgan fingerprint density at radius 2 is 1.61 bits per heavy atom. The van der Waals surface area contributed by atoms with Gasteiger partial charge in [0, 0.05) is 5.56 Å². The summed E-state index contributed by atoms with van der Waals surface area (Å²) in [5.41, 5.74) is -0.296. The van der Waals surface area contributed by atoms with Crippen LogP contribution in [0.2, 0.25) is 0 Å². The van der Waals surface area contributed by atoms with Gasteiger partial charge in [0.15, 0.2) is 0 Å². The number of benzene rings is 2. The van der Waals surface area contributed by atoms with Crippen LogP contribution in [0.3, 0.4) is 0 Å². The molecule has 0 saturated carbocycles. The average Bonchev–Trinajstić information content (AvgIpc) is 2.50. The summed E-state index contributed by atoms with van der Waals surface area (Å²) in [6.07, 6.45) is 0. The Balaban J connectivity index is 2.55. The lowest BCUT2D eigenvalue weighted by molar-refractivity contribution is 0.380. The molecule has 8 heteroatoms. The van der Waals surface area contributed by atoms with Gasteiger partial charge in [0.1, 0.15) is 33.7 Å². The lowest BCUT2D eigenvalue weighted by atomic mass is 10.2. The van der Waals surface area contributed by atoms with Crippen LogP contribution >= 0.6 is 0 Å². The van der Waals surface area contributed by atoms with Crippen molar-refractivity contribution in [1.82, 2.24) is 0 Å². The molecule has 0 spiro atoms. The van der Waals surface area contributed by atoms with Crippen molar-refractivity contribution in [2.45, 2.75) is 11.8 Å². The molecule has 0 saturated heterocycles. The fourth-order valence-electron chi connectivity index (χ4n) is 2.12. The van der Waals surface area contributed by atoms with Crippen molar-refractivity contribution in [3.8, 4) is 11.5 Å². The number of rotatable bonds is 5. The number of hydrogen-bond donors (Lipinski definition) is 1. The van der Waals surface area contributed by atoms with E-state index >= 15 is 0 Å². The Hall–Kier alpha value is -2.35. The molecule has 0 radical (unpaired) electrons. The van der Waals surface area contributed by atoms with E-state index in [1.807, 2.05) is 4.72 Å². The Kier molecular flexibility index (Phi) is 4.74. The van der Waals surface area contributed by atoms with E-state index < -0.39 is 27.3 Å². The number of ether oxygens (including phenoxy) is 2. The zero-order valence-corrected chi connectivity index (χ0v) is 13.5. The van der Waals surface area contributed by atoms with Gasteiger partial charge in [0.05, 0.1) is 14.2 Å². The SMILES string of the molecule is COc1ccc(S(=O)(=O)Nc2c(F)cccc2F)c(OC)c1C. The number of hydrogen-bond acceptors (Lipinski definition) is 4. The van der Waals surface area contributed by atoms with Crippen LogP contribution in [0.15, 0.2) is 35.2 Å². The van der Waals surface area contributed by atoms with Gasteiger partial charge in [-0.2, -0.15) is 0 Å². The van der Waals surface area contributed by atoms with Crippen molar-refractivity contribution < 1.29 is 26.7 Å². The predicted octanol–water partition coefficient (Wildman–Crippen LogP) is 3.09. The molecule has 0 amide bonds. The topological polar surface area (TPSA) is 64.6 Å². The first kappa shape index (κ1) is 17.0. The van der Waals surface area contributed by atoms with E-state index in [2.05, 4.69) is 0 Å². The fraction of sp³-hybridized carbons (Fsp3) is 0.200. The second-order valence-corrected chi connectivity index (χ2v) is 6.28. The van der Waals surface area contributed by atoms with E-state index in [4.69, 9.17) is 9.47 Å². The summed E-state index contributed by atoms with van der Waals surface area (Å²) < 4.78 is 64.4. The first-order chi connectivity index (χ1) is 10.8. The Bertz CT molecular complexity index is 817. The van der Waals surface area contributed by atoms with Crippen LogP contribution in [0.25, 0.3) is 0 Å². The van der Waals surface area contributed by atoms with Gasteiger partial charge < -0.3 is 9.47 Å². The number of anilines is 1. The molecule has 23 heavy (non-hydrogen) atoms. The lowest BCUT2D eigenvalue weighted by Gasteiger charge is -2.16. The van der Waals surface area contributed by atoms with E-state index in [0.29, 0.717) is 11.3 Å². The Morgan fingerprint density at radius 3 is 2.13 bits per heavy atom. The fourth-order valence-corrected chi connectivity index (χ4v) is 3.42. The summed E-state index contributed by atoms with van der Waals surface area (Å²) in [7, 11) is -1.53. The minimum atomic E-state index is -4.26. The molecule has 0 heterocycles. The highest BCUT2D eigenvalue weighted by Gasteiger charge is 2.25. The van der Waals surface area contributed by atoms with E-state index in [-0.39, 0.29) is 10.6 Å². The molecule has 2 aromatic rings. The van der Waals surface area contributed by atoms with Crippen LogP contribution in [0.4, 0.5) is 14.5 Å². The third kappa shape index (κ3) is 3.21. The second-order valence-electron chi connectivity index (χ2n) is 4.63. The van der Waals surface area contributed by atoms with E-state index in [9.17, 15) is 17.2 Å². The molecular weight excluding hydrogens is 328 g/mol. The minimum Gasteiger partial charge on any atom is -0.496 e. The van der Waals surface area contributed by atoms with Crippen molar-refractivity contribution in [1.29, 1.82) is 0 Å². The lowest BCUT2D eigenvalue weighted by Crippen LogP contribution is -2.16. The van der Waals surface area contributed by atoms with Gasteiger partial charge in [-0.05, 0) is 31.2 Å². The average molecular weight is 343 g/mol. The number of sulfonamides is 1. The summed E-state index contributed by atoms with van der Waals surface area (Å²) in [6, 6.07) is 5.73. The number of para-hydroxylation sites is 1. The molecule has 2 rings (SSSR count). The summed E-state index contributed by atoms with van der Waals surface area (Å²) in [4.78, 5) is -0.249. The quantitative estimate of drug-likeness (QED) is 0.906. The van der Waals surface area contributed by atoms with Crippen molar-refractivity contribution in [3.63, 3.8) is 0 Å². The summed E-state index contributed by atoms with van der Waals surface area (Å²) in [5, 5.41) is 0. The van der Waals surface area contributed by atoms with Crippen LogP contribution in [0.1, 0.15) is 5.56 Å². The highest BCUT2D eigenvalue weighted by atomic mass is 32.2. The monoisotopic (exact) mass is 343 g/mol. The maximum Gasteiger partial charge on any atom is 0.265 e. The molecule has 2 aromatic carbocycles. The molecule has 0 aliphatic rings. The molecule has 0 aliphatic heterocycles. The molecule has 0 aliphatic carbocycles. The molecular formula is C15H15F2NO4S. The second kappa shape index (κ2) is 6.41. The zero-order chi connectivity index (χ0) is 17.2.